The van der Waals surface area contributed by atoms with Gasteiger partial charge in [0, 0.05) is 12.8 Å². The van der Waals surface area contributed by atoms with Crippen LogP contribution in [0.2, 0.25) is 0 Å². The first-order valence-corrected chi connectivity index (χ1v) is 18.9. The second-order valence-corrected chi connectivity index (χ2v) is 12.8. The molecule has 0 spiro atoms. The number of carbonyl (C=O) groups is 2. The van der Waals surface area contributed by atoms with Crippen molar-refractivity contribution in [1.29, 1.82) is 0 Å². The fourth-order valence-electron chi connectivity index (χ4n) is 5.46. The predicted molar refractivity (Wildman–Crippen MR) is 179 cm³/mol. The summed E-state index contributed by atoms with van der Waals surface area (Å²) in [6.07, 6.45) is 40.0. The van der Waals surface area contributed by atoms with E-state index in [2.05, 4.69) is 13.8 Å². The van der Waals surface area contributed by atoms with Crippen LogP contribution in [0, 0.1) is 0 Å². The molecule has 0 heterocycles. The standard InChI is InChI=1S/C36H70O4S/c1-3-5-7-9-11-13-15-17-19-21-23-25-27-29-31-33-35(37)39-41-40-36(38)34-32-30-28-26-24-22-20-18-16-14-12-10-8-6-4-2/h3-34H2,1-2H3. The highest BCUT2D eigenvalue weighted by Crippen LogP contribution is 2.17. The van der Waals surface area contributed by atoms with Gasteiger partial charge in [0.25, 0.3) is 12.3 Å². The topological polar surface area (TPSA) is 52.6 Å². The molecule has 0 fully saturated rings. The van der Waals surface area contributed by atoms with E-state index in [1.807, 2.05) is 0 Å². The third-order valence-corrected chi connectivity index (χ3v) is 8.73. The van der Waals surface area contributed by atoms with Crippen molar-refractivity contribution in [3.05, 3.63) is 0 Å². The van der Waals surface area contributed by atoms with E-state index in [1.54, 1.807) is 0 Å². The minimum absolute atomic E-state index is 0.288. The van der Waals surface area contributed by atoms with E-state index in [4.69, 9.17) is 8.37 Å². The summed E-state index contributed by atoms with van der Waals surface area (Å²) < 4.78 is 9.99. The first-order chi connectivity index (χ1) is 20.2. The lowest BCUT2D eigenvalue weighted by atomic mass is 10.0. The van der Waals surface area contributed by atoms with Crippen molar-refractivity contribution >= 4 is 24.3 Å². The first-order valence-electron chi connectivity index (χ1n) is 18.3. The quantitative estimate of drug-likeness (QED) is 0.0544. The molecule has 0 saturated heterocycles. The van der Waals surface area contributed by atoms with Crippen molar-refractivity contribution in [2.24, 2.45) is 0 Å². The maximum atomic E-state index is 11.8. The fourth-order valence-corrected chi connectivity index (χ4v) is 5.81. The zero-order valence-corrected chi connectivity index (χ0v) is 28.5. The van der Waals surface area contributed by atoms with Gasteiger partial charge in [-0.1, -0.05) is 194 Å². The van der Waals surface area contributed by atoms with Crippen molar-refractivity contribution in [2.75, 3.05) is 0 Å². The zero-order valence-electron chi connectivity index (χ0n) is 27.7. The molecule has 0 aromatic carbocycles. The molecular weight excluding hydrogens is 528 g/mol. The van der Waals surface area contributed by atoms with Crippen LogP contribution in [0.15, 0.2) is 0 Å². The van der Waals surface area contributed by atoms with Crippen molar-refractivity contribution in [3.8, 4) is 0 Å². The van der Waals surface area contributed by atoms with E-state index in [1.165, 1.54) is 167 Å². The lowest BCUT2D eigenvalue weighted by Gasteiger charge is -2.04. The van der Waals surface area contributed by atoms with Crippen molar-refractivity contribution in [1.82, 2.24) is 0 Å². The maximum absolute atomic E-state index is 11.8. The second kappa shape index (κ2) is 35.5. The van der Waals surface area contributed by atoms with E-state index >= 15 is 0 Å². The van der Waals surface area contributed by atoms with Crippen LogP contribution in [0.1, 0.15) is 219 Å². The largest absolute Gasteiger partial charge is 0.355 e. The molecule has 0 radical (unpaired) electrons. The monoisotopic (exact) mass is 598 g/mol. The number of hydrogen-bond donors (Lipinski definition) is 0. The summed E-state index contributed by atoms with van der Waals surface area (Å²) in [5, 5.41) is 0. The van der Waals surface area contributed by atoms with Gasteiger partial charge in [0.1, 0.15) is 0 Å². The van der Waals surface area contributed by atoms with Crippen molar-refractivity contribution < 1.29 is 18.0 Å². The SMILES string of the molecule is CCCCCCCCCCCCCCCCCC(=O)OSOC(=O)CCCCCCCCCCCCCCCCC. The van der Waals surface area contributed by atoms with Gasteiger partial charge in [0.05, 0.1) is 0 Å². The molecule has 0 aromatic heterocycles. The highest BCUT2D eigenvalue weighted by Gasteiger charge is 2.09. The van der Waals surface area contributed by atoms with E-state index < -0.39 is 0 Å². The number of carbonyl (C=O) groups excluding carboxylic acids is 2. The Hall–Kier alpha value is -0.710. The highest BCUT2D eigenvalue weighted by atomic mass is 32.2. The Bertz CT molecular complexity index is 494. The molecule has 0 aliphatic heterocycles. The van der Waals surface area contributed by atoms with Gasteiger partial charge >= 0.3 is 11.9 Å². The Kier molecular flexibility index (Phi) is 34.9. The molecule has 4 nitrogen and oxygen atoms in total. The Morgan fingerprint density at radius 2 is 0.537 bits per heavy atom. The summed E-state index contributed by atoms with van der Waals surface area (Å²) in [5.41, 5.74) is 0. The van der Waals surface area contributed by atoms with Crippen LogP contribution in [0.3, 0.4) is 0 Å². The molecule has 0 aromatic rings. The van der Waals surface area contributed by atoms with Crippen LogP contribution >= 0.6 is 12.3 Å². The summed E-state index contributed by atoms with van der Waals surface area (Å²) in [5.74, 6) is -0.575. The van der Waals surface area contributed by atoms with Crippen LogP contribution in [0.5, 0.6) is 0 Å². The van der Waals surface area contributed by atoms with Gasteiger partial charge in [0.15, 0.2) is 0 Å². The minimum atomic E-state index is -0.288. The highest BCUT2D eigenvalue weighted by molar-refractivity contribution is 7.90. The van der Waals surface area contributed by atoms with Gasteiger partial charge < -0.3 is 8.37 Å². The molecule has 0 aliphatic rings. The smallest absolute Gasteiger partial charge is 0.320 e. The van der Waals surface area contributed by atoms with Gasteiger partial charge in [-0.2, -0.15) is 0 Å². The molecule has 41 heavy (non-hydrogen) atoms. The molecule has 0 bridgehead atoms. The molecule has 0 atom stereocenters. The average molecular weight is 599 g/mol. The Balaban J connectivity index is 3.26. The lowest BCUT2D eigenvalue weighted by Crippen LogP contribution is -2.03. The third-order valence-electron chi connectivity index (χ3n) is 8.22. The van der Waals surface area contributed by atoms with Gasteiger partial charge in [0.2, 0.25) is 0 Å². The predicted octanol–water partition coefficient (Wildman–Crippen LogP) is 13.2. The summed E-state index contributed by atoms with van der Waals surface area (Å²) >= 11 is 0.545. The van der Waals surface area contributed by atoms with Gasteiger partial charge in [-0.15, -0.1) is 0 Å². The van der Waals surface area contributed by atoms with Crippen LogP contribution in [-0.4, -0.2) is 11.9 Å². The number of unbranched alkanes of at least 4 members (excludes halogenated alkanes) is 28. The maximum Gasteiger partial charge on any atom is 0.320 e. The molecule has 0 rings (SSSR count). The van der Waals surface area contributed by atoms with E-state index in [0.29, 0.717) is 25.2 Å². The van der Waals surface area contributed by atoms with Crippen LogP contribution in [-0.2, 0) is 18.0 Å². The van der Waals surface area contributed by atoms with E-state index in [-0.39, 0.29) is 11.9 Å². The number of hydrogen-bond acceptors (Lipinski definition) is 5. The molecule has 244 valence electrons. The van der Waals surface area contributed by atoms with Crippen molar-refractivity contribution in [3.63, 3.8) is 0 Å². The average Bonchev–Trinajstić information content (AvgIpc) is 2.97. The lowest BCUT2D eigenvalue weighted by molar-refractivity contribution is -0.136. The Morgan fingerprint density at radius 1 is 0.341 bits per heavy atom. The molecule has 5 heteroatoms. The molecule has 0 aliphatic carbocycles. The van der Waals surface area contributed by atoms with Crippen molar-refractivity contribution in [2.45, 2.75) is 219 Å². The zero-order chi connectivity index (χ0) is 29.9. The van der Waals surface area contributed by atoms with E-state index in [0.717, 1.165) is 25.7 Å². The normalized spacial score (nSPS) is 11.2. The van der Waals surface area contributed by atoms with Crippen LogP contribution in [0.4, 0.5) is 0 Å². The molecule has 0 unspecified atom stereocenters. The van der Waals surface area contributed by atoms with Gasteiger partial charge in [-0.3, -0.25) is 9.59 Å². The fraction of sp³-hybridized carbons (Fsp3) is 0.944. The Labute approximate surface area is 261 Å². The summed E-state index contributed by atoms with van der Waals surface area (Å²) in [6, 6.07) is 0. The summed E-state index contributed by atoms with van der Waals surface area (Å²) in [4.78, 5) is 23.7. The summed E-state index contributed by atoms with van der Waals surface area (Å²) in [6.45, 7) is 4.55. The molecule has 0 N–H and O–H groups in total. The number of rotatable bonds is 34. The second-order valence-electron chi connectivity index (χ2n) is 12.4. The van der Waals surface area contributed by atoms with Gasteiger partial charge in [-0.05, 0) is 12.8 Å². The van der Waals surface area contributed by atoms with Crippen LogP contribution in [0.25, 0.3) is 0 Å². The Morgan fingerprint density at radius 3 is 0.756 bits per heavy atom. The van der Waals surface area contributed by atoms with Gasteiger partial charge in [-0.25, -0.2) is 0 Å². The first kappa shape index (κ1) is 40.3. The third kappa shape index (κ3) is 35.4. The van der Waals surface area contributed by atoms with Crippen LogP contribution < -0.4 is 0 Å². The summed E-state index contributed by atoms with van der Waals surface area (Å²) in [7, 11) is 0. The minimum Gasteiger partial charge on any atom is -0.355 e. The van der Waals surface area contributed by atoms with E-state index in [9.17, 15) is 9.59 Å². The molecule has 0 amide bonds. The molecular formula is C36H70O4S. The molecule has 0 saturated carbocycles.